The van der Waals surface area contributed by atoms with Crippen LogP contribution in [0.5, 0.6) is 0 Å². The van der Waals surface area contributed by atoms with Crippen LogP contribution in [0.4, 0.5) is 0 Å². The van der Waals surface area contributed by atoms with Gasteiger partial charge in [0, 0.05) is 23.6 Å². The van der Waals surface area contributed by atoms with E-state index in [4.69, 9.17) is 5.11 Å². The molecule has 2 heterocycles. The molecule has 0 aliphatic heterocycles. The van der Waals surface area contributed by atoms with Gasteiger partial charge in [-0.25, -0.2) is 0 Å². The summed E-state index contributed by atoms with van der Waals surface area (Å²) in [5.74, 6) is -0.302. The van der Waals surface area contributed by atoms with Crippen LogP contribution >= 0.6 is 11.8 Å². The lowest BCUT2D eigenvalue weighted by Crippen LogP contribution is -2.03. The summed E-state index contributed by atoms with van der Waals surface area (Å²) in [6, 6.07) is 11.6. The van der Waals surface area contributed by atoms with Gasteiger partial charge < -0.3 is 5.11 Å². The first kappa shape index (κ1) is 15.2. The molecule has 3 rings (SSSR count). The maximum absolute atomic E-state index is 10.9. The molecule has 0 unspecified atom stereocenters. The molecule has 0 saturated carbocycles. The fraction of sp³-hybridized carbons (Fsp3) is 0.125. The van der Waals surface area contributed by atoms with Crippen LogP contribution < -0.4 is 0 Å². The van der Waals surface area contributed by atoms with Crippen LogP contribution in [-0.2, 0) is 4.79 Å². The Kier molecular flexibility index (Phi) is 4.38. The number of carboxylic acids is 1. The molecule has 0 saturated heterocycles. The van der Waals surface area contributed by atoms with Gasteiger partial charge in [-0.15, -0.1) is 10.2 Å². The summed E-state index contributed by atoms with van der Waals surface area (Å²) in [4.78, 5) is 14.9. The summed E-state index contributed by atoms with van der Waals surface area (Å²) in [5.41, 5.74) is 2.91. The standard InChI is InChI=1S/C16H14N4O2S/c1-11-2-4-13(5-3-11)20-15(12-6-8-17-9-7-12)18-19-16(20)23-10-14(21)22/h2-9H,10H2,1H3,(H,21,22). The molecule has 1 aromatic carbocycles. The van der Waals surface area contributed by atoms with E-state index in [0.717, 1.165) is 28.6 Å². The van der Waals surface area contributed by atoms with Crippen molar-refractivity contribution < 1.29 is 9.90 Å². The Hall–Kier alpha value is -2.67. The SMILES string of the molecule is Cc1ccc(-n2c(SCC(=O)O)nnc2-c2ccncc2)cc1. The van der Waals surface area contributed by atoms with Gasteiger partial charge in [0.15, 0.2) is 11.0 Å². The van der Waals surface area contributed by atoms with E-state index in [2.05, 4.69) is 15.2 Å². The van der Waals surface area contributed by atoms with Crippen molar-refractivity contribution >= 4 is 17.7 Å². The summed E-state index contributed by atoms with van der Waals surface area (Å²) < 4.78 is 1.86. The summed E-state index contributed by atoms with van der Waals surface area (Å²) >= 11 is 1.14. The number of aliphatic carboxylic acids is 1. The zero-order valence-corrected chi connectivity index (χ0v) is 13.2. The molecular weight excluding hydrogens is 312 g/mol. The van der Waals surface area contributed by atoms with Gasteiger partial charge in [0.05, 0.1) is 5.75 Å². The van der Waals surface area contributed by atoms with Crippen molar-refractivity contribution in [2.45, 2.75) is 12.1 Å². The largest absolute Gasteiger partial charge is 0.481 e. The van der Waals surface area contributed by atoms with E-state index in [9.17, 15) is 4.79 Å². The Labute approximate surface area is 137 Å². The Balaban J connectivity index is 2.10. The highest BCUT2D eigenvalue weighted by Gasteiger charge is 2.16. The van der Waals surface area contributed by atoms with E-state index in [1.54, 1.807) is 12.4 Å². The van der Waals surface area contributed by atoms with Crippen LogP contribution in [0.2, 0.25) is 0 Å². The molecule has 0 spiro atoms. The molecule has 116 valence electrons. The first-order valence-electron chi connectivity index (χ1n) is 6.92. The Morgan fingerprint density at radius 2 is 1.83 bits per heavy atom. The molecule has 0 fully saturated rings. The van der Waals surface area contributed by atoms with Crippen LogP contribution in [0.3, 0.4) is 0 Å². The number of rotatable bonds is 5. The third kappa shape index (κ3) is 3.40. The lowest BCUT2D eigenvalue weighted by Gasteiger charge is -2.10. The van der Waals surface area contributed by atoms with E-state index in [0.29, 0.717) is 11.0 Å². The van der Waals surface area contributed by atoms with Gasteiger partial charge in [-0.3, -0.25) is 14.3 Å². The molecule has 0 atom stereocenters. The lowest BCUT2D eigenvalue weighted by molar-refractivity contribution is -0.133. The number of hydrogen-bond donors (Lipinski definition) is 1. The van der Waals surface area contributed by atoms with Crippen molar-refractivity contribution in [2.75, 3.05) is 5.75 Å². The van der Waals surface area contributed by atoms with E-state index in [1.165, 1.54) is 0 Å². The predicted molar refractivity (Wildman–Crippen MR) is 87.7 cm³/mol. The molecule has 3 aromatic rings. The molecule has 2 aromatic heterocycles. The molecule has 0 bridgehead atoms. The van der Waals surface area contributed by atoms with E-state index in [1.807, 2.05) is 47.9 Å². The maximum Gasteiger partial charge on any atom is 0.313 e. The molecule has 6 nitrogen and oxygen atoms in total. The fourth-order valence-corrected chi connectivity index (χ4v) is 2.78. The summed E-state index contributed by atoms with van der Waals surface area (Å²) in [7, 11) is 0. The van der Waals surface area contributed by atoms with Gasteiger partial charge in [-0.2, -0.15) is 0 Å². The number of benzene rings is 1. The highest BCUT2D eigenvalue weighted by atomic mass is 32.2. The summed E-state index contributed by atoms with van der Waals surface area (Å²) in [6.07, 6.45) is 3.38. The van der Waals surface area contributed by atoms with Crippen molar-refractivity contribution in [1.29, 1.82) is 0 Å². The summed E-state index contributed by atoms with van der Waals surface area (Å²) in [6.45, 7) is 2.01. The minimum absolute atomic E-state index is 0.0691. The van der Waals surface area contributed by atoms with Crippen molar-refractivity contribution in [1.82, 2.24) is 19.7 Å². The fourth-order valence-electron chi connectivity index (χ4n) is 2.10. The van der Waals surface area contributed by atoms with Gasteiger partial charge in [0.2, 0.25) is 0 Å². The Bertz CT molecular complexity index is 816. The van der Waals surface area contributed by atoms with Gasteiger partial charge in [-0.05, 0) is 31.2 Å². The van der Waals surface area contributed by atoms with Crippen LogP contribution in [0.1, 0.15) is 5.56 Å². The van der Waals surface area contributed by atoms with Gasteiger partial charge in [0.1, 0.15) is 0 Å². The molecule has 1 N–H and O–H groups in total. The number of carbonyl (C=O) groups is 1. The number of aromatic nitrogens is 4. The molecule has 7 heteroatoms. The molecule has 0 amide bonds. The second kappa shape index (κ2) is 6.62. The Morgan fingerprint density at radius 1 is 1.13 bits per heavy atom. The monoisotopic (exact) mass is 326 g/mol. The van der Waals surface area contributed by atoms with Crippen LogP contribution in [-0.4, -0.2) is 36.6 Å². The zero-order valence-electron chi connectivity index (χ0n) is 12.4. The van der Waals surface area contributed by atoms with Crippen molar-refractivity contribution in [3.05, 3.63) is 54.4 Å². The van der Waals surface area contributed by atoms with Crippen LogP contribution in [0.15, 0.2) is 53.9 Å². The first-order chi connectivity index (χ1) is 11.1. The normalized spacial score (nSPS) is 10.7. The Morgan fingerprint density at radius 3 is 2.48 bits per heavy atom. The highest BCUT2D eigenvalue weighted by Crippen LogP contribution is 2.27. The average Bonchev–Trinajstić information content (AvgIpc) is 2.98. The number of carboxylic acid groups (broad SMARTS) is 1. The second-order valence-corrected chi connectivity index (χ2v) is 5.84. The van der Waals surface area contributed by atoms with E-state index < -0.39 is 5.97 Å². The van der Waals surface area contributed by atoms with Crippen LogP contribution in [0, 0.1) is 6.92 Å². The van der Waals surface area contributed by atoms with Gasteiger partial charge in [-0.1, -0.05) is 29.5 Å². The molecule has 0 aliphatic rings. The number of pyridine rings is 1. The van der Waals surface area contributed by atoms with Crippen molar-refractivity contribution in [3.63, 3.8) is 0 Å². The van der Waals surface area contributed by atoms with Crippen molar-refractivity contribution in [3.8, 4) is 17.1 Å². The number of nitrogens with zero attached hydrogens (tertiary/aromatic N) is 4. The van der Waals surface area contributed by atoms with Crippen molar-refractivity contribution in [2.24, 2.45) is 0 Å². The van der Waals surface area contributed by atoms with Gasteiger partial charge in [0.25, 0.3) is 0 Å². The minimum Gasteiger partial charge on any atom is -0.481 e. The average molecular weight is 326 g/mol. The third-order valence-corrected chi connectivity index (χ3v) is 4.10. The number of thioether (sulfide) groups is 1. The predicted octanol–water partition coefficient (Wildman–Crippen LogP) is 2.81. The van der Waals surface area contributed by atoms with E-state index >= 15 is 0 Å². The highest BCUT2D eigenvalue weighted by molar-refractivity contribution is 7.99. The first-order valence-corrected chi connectivity index (χ1v) is 7.91. The molecule has 23 heavy (non-hydrogen) atoms. The van der Waals surface area contributed by atoms with E-state index in [-0.39, 0.29) is 5.75 Å². The smallest absolute Gasteiger partial charge is 0.313 e. The minimum atomic E-state index is -0.890. The lowest BCUT2D eigenvalue weighted by atomic mass is 10.2. The zero-order chi connectivity index (χ0) is 16.2. The topological polar surface area (TPSA) is 80.9 Å². The number of aryl methyl sites for hydroxylation is 1. The molecular formula is C16H14N4O2S. The molecule has 0 radical (unpaired) electrons. The maximum atomic E-state index is 10.9. The third-order valence-electron chi connectivity index (χ3n) is 3.19. The molecule has 0 aliphatic carbocycles. The summed E-state index contributed by atoms with van der Waals surface area (Å²) in [5, 5.41) is 17.8. The van der Waals surface area contributed by atoms with Gasteiger partial charge >= 0.3 is 5.97 Å². The van der Waals surface area contributed by atoms with Crippen LogP contribution in [0.25, 0.3) is 17.1 Å². The number of hydrogen-bond acceptors (Lipinski definition) is 5. The second-order valence-electron chi connectivity index (χ2n) is 4.90. The quantitative estimate of drug-likeness (QED) is 0.726.